The fraction of sp³-hybridized carbons (Fsp3) is 0.905. The minimum atomic E-state index is -3.42. The summed E-state index contributed by atoms with van der Waals surface area (Å²) in [6, 6.07) is 0. The Morgan fingerprint density at radius 2 is 1.59 bits per heavy atom. The first kappa shape index (κ1) is 39.4. The highest BCUT2D eigenvalue weighted by Crippen LogP contribution is 2.76. The van der Waals surface area contributed by atoms with Gasteiger partial charge in [0.15, 0.2) is 0 Å². The third-order valence-corrected chi connectivity index (χ3v) is 19.7. The molecule has 0 spiro atoms. The van der Waals surface area contributed by atoms with Gasteiger partial charge in [-0.1, -0.05) is 46.8 Å². The van der Waals surface area contributed by atoms with Crippen LogP contribution in [0.1, 0.15) is 126 Å². The lowest BCUT2D eigenvalue weighted by atomic mass is 9.32. The molecule has 51 heavy (non-hydrogen) atoms. The summed E-state index contributed by atoms with van der Waals surface area (Å²) in [6.45, 7) is 25.9. The van der Waals surface area contributed by atoms with E-state index in [-0.39, 0.29) is 45.7 Å². The lowest BCUT2D eigenvalue weighted by molar-refractivity contribution is -0.246. The van der Waals surface area contributed by atoms with Gasteiger partial charge in [0, 0.05) is 54.9 Å². The van der Waals surface area contributed by atoms with Gasteiger partial charge in [0.05, 0.1) is 11.8 Å². The number of hydrogen-bond donors (Lipinski definition) is 3. The zero-order valence-corrected chi connectivity index (χ0v) is 34.4. The van der Waals surface area contributed by atoms with Crippen molar-refractivity contribution < 1.29 is 28.2 Å². The molecule has 0 bridgehead atoms. The fourth-order valence-electron chi connectivity index (χ4n) is 13.9. The molecule has 0 unspecified atom stereocenters. The summed E-state index contributed by atoms with van der Waals surface area (Å²) in [7, 11) is -3.42. The highest BCUT2D eigenvalue weighted by Gasteiger charge is 2.71. The first-order chi connectivity index (χ1) is 23.4. The Bertz CT molecular complexity index is 1470. The second-order valence-corrected chi connectivity index (χ2v) is 25.1. The summed E-state index contributed by atoms with van der Waals surface area (Å²) < 4.78 is 29.4. The van der Waals surface area contributed by atoms with Crippen molar-refractivity contribution in [1.29, 1.82) is 0 Å². The maximum Gasteiger partial charge on any atom is 0.309 e. The van der Waals surface area contributed by atoms with Crippen molar-refractivity contribution in [2.24, 2.45) is 56.7 Å². The van der Waals surface area contributed by atoms with Crippen molar-refractivity contribution >= 4 is 21.3 Å². The molecule has 6 aliphatic rings. The Balaban J connectivity index is 1.19. The summed E-state index contributed by atoms with van der Waals surface area (Å²) in [5.41, 5.74) is 0.776. The number of esters is 1. The van der Waals surface area contributed by atoms with E-state index >= 15 is 0 Å². The number of carbonyl (C=O) groups excluding carboxylic acids is 1. The zero-order valence-electron chi connectivity index (χ0n) is 33.6. The second kappa shape index (κ2) is 12.6. The van der Waals surface area contributed by atoms with Crippen LogP contribution in [-0.4, -0.2) is 86.3 Å². The maximum atomic E-state index is 13.1. The topological polar surface area (TPSA) is 116 Å². The third kappa shape index (κ3) is 6.52. The average Bonchev–Trinajstić information content (AvgIpc) is 3.39. The number of fused-ring (bicyclic) bond motifs is 7. The normalized spacial score (nSPS) is 45.1. The van der Waals surface area contributed by atoms with E-state index in [2.05, 4.69) is 58.3 Å². The molecule has 0 aromatic heterocycles. The lowest BCUT2D eigenvalue weighted by Crippen LogP contribution is -2.69. The number of nitrogens with one attached hydrogen (secondary N) is 1. The number of allylic oxidation sites excluding steroid dienone is 1. The second-order valence-electron chi connectivity index (χ2n) is 20.9. The van der Waals surface area contributed by atoms with Gasteiger partial charge in [-0.15, -0.1) is 0 Å². The van der Waals surface area contributed by atoms with E-state index in [1.54, 1.807) is 20.1 Å². The van der Waals surface area contributed by atoms with Crippen LogP contribution in [0.5, 0.6) is 0 Å². The van der Waals surface area contributed by atoms with E-state index in [9.17, 15) is 23.5 Å². The van der Waals surface area contributed by atoms with E-state index in [0.29, 0.717) is 54.2 Å². The van der Waals surface area contributed by atoms with Gasteiger partial charge >= 0.3 is 11.9 Å². The molecule has 1 aliphatic heterocycles. The minimum Gasteiger partial charge on any atom is -0.481 e. The molecular weight excluding hydrogens is 661 g/mol. The molecule has 1 saturated heterocycles. The largest absolute Gasteiger partial charge is 0.481 e. The van der Waals surface area contributed by atoms with Crippen molar-refractivity contribution in [1.82, 2.24) is 10.2 Å². The van der Waals surface area contributed by atoms with Crippen LogP contribution >= 0.6 is 0 Å². The Hall–Kier alpha value is -1.29. The first-order valence-electron chi connectivity index (χ1n) is 20.3. The molecule has 0 aromatic rings. The van der Waals surface area contributed by atoms with Crippen molar-refractivity contribution in [3.05, 3.63) is 12.2 Å². The molecule has 0 amide bonds. The van der Waals surface area contributed by atoms with Crippen LogP contribution in [0.2, 0.25) is 0 Å². The molecule has 1 heterocycles. The highest BCUT2D eigenvalue weighted by atomic mass is 32.3. The third-order valence-electron chi connectivity index (χ3n) is 17.2. The zero-order chi connectivity index (χ0) is 37.7. The number of carbonyl (C=O) groups is 2. The number of carboxylic acid groups (broad SMARTS) is 1. The predicted octanol–water partition coefficient (Wildman–Crippen LogP) is 7.64. The summed E-state index contributed by atoms with van der Waals surface area (Å²) in [6.07, 6.45) is 12.9. The van der Waals surface area contributed by atoms with Crippen LogP contribution < -0.4 is 5.32 Å². The Labute approximate surface area is 309 Å². The Morgan fingerprint density at radius 3 is 2.22 bits per heavy atom. The van der Waals surface area contributed by atoms with E-state index in [1.165, 1.54) is 50.5 Å². The minimum absolute atomic E-state index is 0.107. The van der Waals surface area contributed by atoms with Gasteiger partial charge in [-0.2, -0.15) is 9.35 Å². The first-order valence-corrected chi connectivity index (χ1v) is 23.0. The molecule has 5 saturated carbocycles. The highest BCUT2D eigenvalue weighted by molar-refractivity contribution is 8.14. The van der Waals surface area contributed by atoms with Crippen molar-refractivity contribution in [2.75, 3.05) is 43.9 Å². The molecule has 9 heteroatoms. The van der Waals surface area contributed by atoms with Crippen molar-refractivity contribution in [2.45, 2.75) is 138 Å². The van der Waals surface area contributed by atoms with Crippen molar-refractivity contribution in [3.8, 4) is 0 Å². The van der Waals surface area contributed by atoms with Crippen LogP contribution in [0.25, 0.3) is 0 Å². The number of carboxylic acids is 1. The average molecular weight is 733 g/mol. The van der Waals surface area contributed by atoms with Crippen LogP contribution in [0.3, 0.4) is 0 Å². The molecule has 8 nitrogen and oxygen atoms in total. The van der Waals surface area contributed by atoms with Gasteiger partial charge < -0.3 is 19.7 Å². The quantitative estimate of drug-likeness (QED) is 0.164. The van der Waals surface area contributed by atoms with Gasteiger partial charge in [-0.3, -0.25) is 14.5 Å². The van der Waals surface area contributed by atoms with Gasteiger partial charge in [0.1, 0.15) is 6.10 Å². The smallest absolute Gasteiger partial charge is 0.309 e. The number of hydrogen-bond acceptors (Lipinski definition) is 6. The molecule has 10 atom stereocenters. The predicted molar refractivity (Wildman–Crippen MR) is 206 cm³/mol. The van der Waals surface area contributed by atoms with E-state index < -0.39 is 20.7 Å². The molecule has 6 fully saturated rings. The standard InChI is InChI=1S/C42H72N2O6S/c1-28(2)29-13-18-42(43-21-22-44-23-25-51(10,48,49)26-24-44)20-19-40(8)30(35(29)42)11-12-32-39(7)16-15-33(50-34(45)27-37(3,4)36(46)47)38(5,6)31(39)14-17-41(32,40)9/h29-33,35,43H,1,11-27H2,2-10H3,(H,46,47)(H,48,49)/t29-,30+,31-,32+,33-,35+,39-,40+,41+,42-/m0/s1. The number of aliphatic carboxylic acids is 1. The molecule has 5 aliphatic carbocycles. The van der Waals surface area contributed by atoms with Crippen LogP contribution in [-0.2, 0) is 23.7 Å². The van der Waals surface area contributed by atoms with Crippen LogP contribution in [0, 0.1) is 56.7 Å². The van der Waals surface area contributed by atoms with Gasteiger partial charge in [0.2, 0.25) is 0 Å². The van der Waals surface area contributed by atoms with E-state index in [1.807, 2.05) is 0 Å². The molecule has 0 aromatic carbocycles. The molecule has 0 radical (unpaired) electrons. The monoisotopic (exact) mass is 733 g/mol. The van der Waals surface area contributed by atoms with Crippen LogP contribution in [0.15, 0.2) is 12.2 Å². The number of rotatable bonds is 9. The van der Waals surface area contributed by atoms with Gasteiger partial charge in [0.25, 0.3) is 0 Å². The number of ether oxygens (including phenoxy) is 1. The Kier molecular flexibility index (Phi) is 9.76. The maximum absolute atomic E-state index is 13.1. The molecule has 292 valence electrons. The summed E-state index contributed by atoms with van der Waals surface area (Å²) in [5, 5.41) is 13.8. The summed E-state index contributed by atoms with van der Waals surface area (Å²) in [4.78, 5) is 27.2. The SMILES string of the molecule is C=C(C)[C@@H]1CC[C@]2(NCCN3CCS(C)(=O)(O)CC3)CC[C@]3(C)[C@H](CC[C@@H]4[C@@]5(C)CC[C@H](OC(=O)CC(C)(C)C(=O)O)C(C)(C)[C@@H]5CC[C@]43C)[C@@H]12. The lowest BCUT2D eigenvalue weighted by Gasteiger charge is -2.73. The summed E-state index contributed by atoms with van der Waals surface area (Å²) in [5.74, 6) is 2.23. The van der Waals surface area contributed by atoms with E-state index in [4.69, 9.17) is 4.74 Å². The molecule has 3 N–H and O–H groups in total. The van der Waals surface area contributed by atoms with Crippen molar-refractivity contribution in [3.63, 3.8) is 0 Å². The van der Waals surface area contributed by atoms with Crippen LogP contribution in [0.4, 0.5) is 0 Å². The Morgan fingerprint density at radius 1 is 0.922 bits per heavy atom. The fourth-order valence-corrected chi connectivity index (χ4v) is 15.6. The van der Waals surface area contributed by atoms with Gasteiger partial charge in [-0.05, 0) is 131 Å². The number of nitrogens with zero attached hydrogens (tertiary/aromatic N) is 1. The molecule has 6 rings (SSSR count). The van der Waals surface area contributed by atoms with E-state index in [0.717, 1.165) is 32.4 Å². The molecular formula is C42H72N2O6S. The van der Waals surface area contributed by atoms with Gasteiger partial charge in [-0.25, -0.2) is 4.21 Å². The summed E-state index contributed by atoms with van der Waals surface area (Å²) >= 11 is 0.